The highest BCUT2D eigenvalue weighted by Gasteiger charge is 2.14. The molecule has 0 saturated carbocycles. The van der Waals surface area contributed by atoms with Gasteiger partial charge in [0.1, 0.15) is 0 Å². The van der Waals surface area contributed by atoms with Crippen LogP contribution in [-0.2, 0) is 0 Å². The molecule has 82 valence electrons. The molecule has 0 radical (unpaired) electrons. The average molecular weight is 207 g/mol. The number of nitro groups is 1. The third-order valence-corrected chi connectivity index (χ3v) is 2.25. The van der Waals surface area contributed by atoms with E-state index in [2.05, 4.69) is 5.32 Å². The molecule has 0 saturated heterocycles. The molecule has 0 aliphatic heterocycles. The van der Waals surface area contributed by atoms with Crippen molar-refractivity contribution in [2.45, 2.75) is 19.9 Å². The van der Waals surface area contributed by atoms with E-state index in [4.69, 9.17) is 0 Å². The van der Waals surface area contributed by atoms with Crippen molar-refractivity contribution in [1.82, 2.24) is 5.32 Å². The van der Waals surface area contributed by atoms with Gasteiger partial charge in [-0.05, 0) is 18.6 Å². The highest BCUT2D eigenvalue weighted by molar-refractivity contribution is 5.22. The standard InChI is InChI=1S/C11H15N2O2/c1-3-12-11(9(2)13(14)15)10-7-5-4-6-8-10/h4-8,11-12H,3H2,1-2H3/q-1. The van der Waals surface area contributed by atoms with Gasteiger partial charge in [0.05, 0.1) is 0 Å². The molecular weight excluding hydrogens is 192 g/mol. The van der Waals surface area contributed by atoms with Crippen LogP contribution in [0.5, 0.6) is 0 Å². The van der Waals surface area contributed by atoms with Crippen LogP contribution in [-0.4, -0.2) is 11.5 Å². The minimum absolute atomic E-state index is 0.225. The van der Waals surface area contributed by atoms with Crippen LogP contribution in [0.4, 0.5) is 0 Å². The molecule has 1 aromatic carbocycles. The van der Waals surface area contributed by atoms with Crippen LogP contribution >= 0.6 is 0 Å². The molecule has 1 unspecified atom stereocenters. The predicted molar refractivity (Wildman–Crippen MR) is 58.8 cm³/mol. The molecule has 0 fully saturated rings. The van der Waals surface area contributed by atoms with Gasteiger partial charge in [-0.25, -0.2) is 0 Å². The van der Waals surface area contributed by atoms with E-state index in [-0.39, 0.29) is 17.0 Å². The van der Waals surface area contributed by atoms with E-state index < -0.39 is 0 Å². The van der Waals surface area contributed by atoms with Gasteiger partial charge in [-0.3, -0.25) is 10.1 Å². The average Bonchev–Trinajstić information content (AvgIpc) is 2.26. The fourth-order valence-corrected chi connectivity index (χ4v) is 1.46. The number of hydrogen-bond acceptors (Lipinski definition) is 3. The third kappa shape index (κ3) is 2.95. The Hall–Kier alpha value is -1.55. The second-order valence-corrected chi connectivity index (χ2v) is 3.30. The third-order valence-electron chi connectivity index (χ3n) is 2.25. The molecule has 0 amide bonds. The van der Waals surface area contributed by atoms with Gasteiger partial charge >= 0.3 is 0 Å². The lowest BCUT2D eigenvalue weighted by Gasteiger charge is -2.29. The predicted octanol–water partition coefficient (Wildman–Crippen LogP) is 2.17. The van der Waals surface area contributed by atoms with Gasteiger partial charge < -0.3 is 5.32 Å². The first-order valence-corrected chi connectivity index (χ1v) is 4.93. The molecule has 1 rings (SSSR count). The molecular formula is C11H15N2O2-. The first kappa shape index (κ1) is 11.5. The molecule has 0 aliphatic rings. The minimum Gasteiger partial charge on any atom is -0.331 e. The Morgan fingerprint density at radius 1 is 1.47 bits per heavy atom. The SMILES string of the molecule is CCNC(c1ccccc1)[C-](C)[N+](=O)[O-]. The first-order chi connectivity index (χ1) is 7.16. The van der Waals surface area contributed by atoms with Crippen molar-refractivity contribution >= 4 is 0 Å². The summed E-state index contributed by atoms with van der Waals surface area (Å²) in [5.74, 6) is 0. The van der Waals surface area contributed by atoms with Crippen LogP contribution < -0.4 is 5.32 Å². The quantitative estimate of drug-likeness (QED) is 0.457. The minimum atomic E-state index is -0.333. The van der Waals surface area contributed by atoms with Gasteiger partial charge in [-0.2, -0.15) is 0 Å². The molecule has 0 aromatic heterocycles. The molecule has 15 heavy (non-hydrogen) atoms. The summed E-state index contributed by atoms with van der Waals surface area (Å²) in [7, 11) is 0. The normalized spacial score (nSPS) is 12.1. The molecule has 0 heterocycles. The number of hydrogen-bond donors (Lipinski definition) is 1. The number of rotatable bonds is 5. The highest BCUT2D eigenvalue weighted by Crippen LogP contribution is 2.23. The van der Waals surface area contributed by atoms with Gasteiger partial charge in [-0.1, -0.05) is 42.8 Å². The second-order valence-electron chi connectivity index (χ2n) is 3.30. The summed E-state index contributed by atoms with van der Waals surface area (Å²) in [5.41, 5.74) is 0.925. The number of nitrogens with zero attached hydrogens (tertiary/aromatic N) is 1. The lowest BCUT2D eigenvalue weighted by molar-refractivity contribution is -0.469. The Kier molecular flexibility index (Phi) is 4.12. The summed E-state index contributed by atoms with van der Waals surface area (Å²) in [6.45, 7) is 4.17. The molecule has 1 N–H and O–H groups in total. The van der Waals surface area contributed by atoms with E-state index in [1.807, 2.05) is 37.3 Å². The van der Waals surface area contributed by atoms with Crippen LogP contribution in [0.15, 0.2) is 30.3 Å². The Morgan fingerprint density at radius 2 is 2.07 bits per heavy atom. The Balaban J connectivity index is 2.87. The lowest BCUT2D eigenvalue weighted by Crippen LogP contribution is -2.29. The second kappa shape index (κ2) is 5.36. The smallest absolute Gasteiger partial charge is 0.00950 e. The molecule has 1 atom stereocenters. The maximum Gasteiger partial charge on any atom is -0.00950 e. The van der Waals surface area contributed by atoms with Crippen LogP contribution in [0.25, 0.3) is 0 Å². The van der Waals surface area contributed by atoms with Crippen molar-refractivity contribution in [3.63, 3.8) is 0 Å². The maximum atomic E-state index is 10.7. The van der Waals surface area contributed by atoms with Gasteiger partial charge in [0.15, 0.2) is 0 Å². The fraction of sp³-hybridized carbons (Fsp3) is 0.364. The number of benzene rings is 1. The first-order valence-electron chi connectivity index (χ1n) is 4.93. The van der Waals surface area contributed by atoms with Gasteiger partial charge in [0.25, 0.3) is 0 Å². The van der Waals surface area contributed by atoms with Crippen LogP contribution in [0.2, 0.25) is 0 Å². The van der Waals surface area contributed by atoms with Gasteiger partial charge in [0, 0.05) is 0 Å². The number of nitrogens with one attached hydrogen (secondary N) is 1. The van der Waals surface area contributed by atoms with Crippen molar-refractivity contribution in [1.29, 1.82) is 0 Å². The highest BCUT2D eigenvalue weighted by atomic mass is 16.6. The molecule has 0 bridgehead atoms. The Bertz CT molecular complexity index is 314. The Morgan fingerprint density at radius 3 is 2.53 bits per heavy atom. The topological polar surface area (TPSA) is 55.2 Å². The monoisotopic (exact) mass is 207 g/mol. The van der Waals surface area contributed by atoms with Gasteiger partial charge in [-0.15, -0.1) is 11.8 Å². The van der Waals surface area contributed by atoms with Gasteiger partial charge in [0.2, 0.25) is 0 Å². The summed E-state index contributed by atoms with van der Waals surface area (Å²) in [6, 6.07) is 9.36. The van der Waals surface area contributed by atoms with Crippen molar-refractivity contribution in [2.24, 2.45) is 0 Å². The van der Waals surface area contributed by atoms with Crippen LogP contribution in [0.1, 0.15) is 25.5 Å². The molecule has 0 spiro atoms. The summed E-state index contributed by atoms with van der Waals surface area (Å²) in [6.07, 6.45) is 0. The molecule has 4 nitrogen and oxygen atoms in total. The van der Waals surface area contributed by atoms with E-state index in [1.54, 1.807) is 6.92 Å². The Labute approximate surface area is 89.5 Å². The summed E-state index contributed by atoms with van der Waals surface area (Å²) in [5, 5.41) is 13.8. The van der Waals surface area contributed by atoms with Crippen LogP contribution in [0, 0.1) is 16.2 Å². The van der Waals surface area contributed by atoms with Crippen molar-refractivity contribution in [2.75, 3.05) is 6.54 Å². The van der Waals surface area contributed by atoms with E-state index in [0.717, 1.165) is 5.56 Å². The van der Waals surface area contributed by atoms with Crippen LogP contribution in [0.3, 0.4) is 0 Å². The van der Waals surface area contributed by atoms with E-state index in [1.165, 1.54) is 0 Å². The molecule has 0 aliphatic carbocycles. The zero-order valence-electron chi connectivity index (χ0n) is 8.93. The zero-order valence-corrected chi connectivity index (χ0v) is 8.93. The summed E-state index contributed by atoms with van der Waals surface area (Å²) < 4.78 is 0. The summed E-state index contributed by atoms with van der Waals surface area (Å²) >= 11 is 0. The van der Waals surface area contributed by atoms with E-state index in [0.29, 0.717) is 6.54 Å². The zero-order chi connectivity index (χ0) is 11.3. The van der Waals surface area contributed by atoms with Crippen molar-refractivity contribution < 1.29 is 4.92 Å². The van der Waals surface area contributed by atoms with E-state index in [9.17, 15) is 10.1 Å². The number of likely N-dealkylation sites (N-methyl/N-ethyl adjacent to an activating group) is 1. The van der Waals surface area contributed by atoms with E-state index >= 15 is 0 Å². The van der Waals surface area contributed by atoms with Crippen molar-refractivity contribution in [3.8, 4) is 0 Å². The summed E-state index contributed by atoms with van der Waals surface area (Å²) in [4.78, 5) is 10.4. The van der Waals surface area contributed by atoms with Crippen molar-refractivity contribution in [3.05, 3.63) is 52.1 Å². The maximum absolute atomic E-state index is 10.7. The molecule has 4 heteroatoms. The fourth-order valence-electron chi connectivity index (χ4n) is 1.46. The molecule has 1 aromatic rings. The lowest BCUT2D eigenvalue weighted by atomic mass is 10.0. The largest absolute Gasteiger partial charge is 0.331 e.